The van der Waals surface area contributed by atoms with Crippen molar-refractivity contribution in [3.63, 3.8) is 0 Å². The first-order valence-corrected chi connectivity index (χ1v) is 9.51. The highest BCUT2D eigenvalue weighted by Gasteiger charge is 2.19. The van der Waals surface area contributed by atoms with E-state index in [2.05, 4.69) is 21.7 Å². The molecule has 2 atom stereocenters. The lowest BCUT2D eigenvalue weighted by Crippen LogP contribution is -2.37. The van der Waals surface area contributed by atoms with Crippen LogP contribution in [0.1, 0.15) is 17.8 Å². The Balaban J connectivity index is 1.88. The van der Waals surface area contributed by atoms with Crippen molar-refractivity contribution in [3.05, 3.63) is 51.7 Å². The maximum absolute atomic E-state index is 12.3. The van der Waals surface area contributed by atoms with Crippen molar-refractivity contribution in [1.29, 1.82) is 0 Å². The minimum atomic E-state index is -0.151. The number of carbonyl (C=O) groups excluding carboxylic acids is 1. The zero-order valence-corrected chi connectivity index (χ0v) is 15.8. The van der Waals surface area contributed by atoms with Crippen LogP contribution in [0.2, 0.25) is 5.02 Å². The number of benzene rings is 1. The Bertz CT molecular complexity index is 614. The Labute approximate surface area is 151 Å². The monoisotopic (exact) mass is 368 g/mol. The molecule has 2 aromatic rings. The quantitative estimate of drug-likeness (QED) is 0.739. The van der Waals surface area contributed by atoms with Crippen LogP contribution in [-0.2, 0) is 4.79 Å². The van der Waals surface area contributed by atoms with Gasteiger partial charge in [-0.1, -0.05) is 17.7 Å². The Morgan fingerprint density at radius 3 is 2.57 bits per heavy atom. The molecular formula is C17H21ClN2OS2. The number of carbonyl (C=O) groups is 1. The van der Waals surface area contributed by atoms with Gasteiger partial charge in [-0.25, -0.2) is 0 Å². The Kier molecular flexibility index (Phi) is 6.96. The molecule has 0 aliphatic carbocycles. The Morgan fingerprint density at radius 1 is 1.30 bits per heavy atom. The minimum Gasteiger partial charge on any atom is -0.353 e. The first-order valence-electron chi connectivity index (χ1n) is 7.37. The van der Waals surface area contributed by atoms with Crippen LogP contribution in [0.25, 0.3) is 0 Å². The van der Waals surface area contributed by atoms with E-state index in [1.807, 2.05) is 51.4 Å². The van der Waals surface area contributed by atoms with Gasteiger partial charge in [-0.05, 0) is 56.7 Å². The minimum absolute atomic E-state index is 0.0494. The van der Waals surface area contributed by atoms with Gasteiger partial charge in [0.15, 0.2) is 0 Å². The number of thioether (sulfide) groups is 1. The van der Waals surface area contributed by atoms with Crippen LogP contribution in [0, 0.1) is 0 Å². The lowest BCUT2D eigenvalue weighted by molar-refractivity contribution is -0.120. The topological polar surface area (TPSA) is 32.3 Å². The summed E-state index contributed by atoms with van der Waals surface area (Å²) in [5, 5.41) is 5.68. The van der Waals surface area contributed by atoms with Crippen LogP contribution >= 0.6 is 34.7 Å². The molecule has 0 bridgehead atoms. The number of amides is 1. The molecule has 0 spiro atoms. The number of thiophene rings is 1. The molecule has 1 N–H and O–H groups in total. The van der Waals surface area contributed by atoms with Crippen LogP contribution < -0.4 is 5.32 Å². The van der Waals surface area contributed by atoms with Gasteiger partial charge in [0.1, 0.15) is 0 Å². The molecule has 0 radical (unpaired) electrons. The molecule has 124 valence electrons. The summed E-state index contributed by atoms with van der Waals surface area (Å²) in [7, 11) is 4.06. The molecule has 0 aliphatic heterocycles. The van der Waals surface area contributed by atoms with Gasteiger partial charge in [-0.15, -0.1) is 23.1 Å². The SMILES string of the molecule is C[C@H](Sc1ccc(Cl)cc1)C(=O)NC[C@@H](c1cccs1)N(C)C. The summed E-state index contributed by atoms with van der Waals surface area (Å²) < 4.78 is 0. The van der Waals surface area contributed by atoms with E-state index in [4.69, 9.17) is 11.6 Å². The van der Waals surface area contributed by atoms with E-state index in [0.717, 1.165) is 4.90 Å². The van der Waals surface area contributed by atoms with Crippen LogP contribution in [0.3, 0.4) is 0 Å². The molecule has 0 saturated heterocycles. The highest BCUT2D eigenvalue weighted by Crippen LogP contribution is 2.25. The second-order valence-electron chi connectivity index (χ2n) is 5.45. The normalized spacial score (nSPS) is 13.8. The highest BCUT2D eigenvalue weighted by atomic mass is 35.5. The third-order valence-corrected chi connectivity index (χ3v) is 5.80. The van der Waals surface area contributed by atoms with Crippen molar-refractivity contribution in [1.82, 2.24) is 10.2 Å². The Hall–Kier alpha value is -1.01. The summed E-state index contributed by atoms with van der Waals surface area (Å²) in [5.74, 6) is 0.0494. The third kappa shape index (κ3) is 5.53. The average molecular weight is 369 g/mol. The zero-order valence-electron chi connectivity index (χ0n) is 13.5. The fraction of sp³-hybridized carbons (Fsp3) is 0.353. The molecule has 6 heteroatoms. The average Bonchev–Trinajstić information content (AvgIpc) is 3.03. The van der Waals surface area contributed by atoms with Gasteiger partial charge in [-0.2, -0.15) is 0 Å². The molecule has 1 heterocycles. The summed E-state index contributed by atoms with van der Waals surface area (Å²) in [6, 6.07) is 11.9. The number of rotatable bonds is 7. The maximum atomic E-state index is 12.3. The largest absolute Gasteiger partial charge is 0.353 e. The second-order valence-corrected chi connectivity index (χ2v) is 8.28. The van der Waals surface area contributed by atoms with Gasteiger partial charge in [0.25, 0.3) is 0 Å². The molecule has 3 nitrogen and oxygen atoms in total. The van der Waals surface area contributed by atoms with E-state index in [0.29, 0.717) is 11.6 Å². The van der Waals surface area contributed by atoms with E-state index < -0.39 is 0 Å². The van der Waals surface area contributed by atoms with E-state index in [-0.39, 0.29) is 17.2 Å². The highest BCUT2D eigenvalue weighted by molar-refractivity contribution is 8.00. The zero-order chi connectivity index (χ0) is 16.8. The molecule has 1 aromatic heterocycles. The smallest absolute Gasteiger partial charge is 0.233 e. The molecule has 0 fully saturated rings. The summed E-state index contributed by atoms with van der Waals surface area (Å²) >= 11 is 9.13. The molecule has 0 unspecified atom stereocenters. The summed E-state index contributed by atoms with van der Waals surface area (Å²) in [5.41, 5.74) is 0. The second kappa shape index (κ2) is 8.73. The van der Waals surface area contributed by atoms with Crippen molar-refractivity contribution < 1.29 is 4.79 Å². The van der Waals surface area contributed by atoms with Crippen molar-refractivity contribution in [3.8, 4) is 0 Å². The van der Waals surface area contributed by atoms with Crippen molar-refractivity contribution >= 4 is 40.6 Å². The summed E-state index contributed by atoms with van der Waals surface area (Å²) in [6.07, 6.45) is 0. The first kappa shape index (κ1) is 18.3. The number of hydrogen-bond donors (Lipinski definition) is 1. The van der Waals surface area contributed by atoms with Crippen LogP contribution in [0.4, 0.5) is 0 Å². The fourth-order valence-electron chi connectivity index (χ4n) is 2.13. The van der Waals surface area contributed by atoms with Gasteiger partial charge >= 0.3 is 0 Å². The number of hydrogen-bond acceptors (Lipinski definition) is 4. The molecule has 23 heavy (non-hydrogen) atoms. The standard InChI is InChI=1S/C17H21ClN2OS2/c1-12(23-14-8-6-13(18)7-9-14)17(21)19-11-15(20(2)3)16-5-4-10-22-16/h4-10,12,15H,11H2,1-3H3,(H,19,21)/t12-,15-/m0/s1. The van der Waals surface area contributed by atoms with Crippen molar-refractivity contribution in [2.75, 3.05) is 20.6 Å². The van der Waals surface area contributed by atoms with Gasteiger partial charge in [-0.3, -0.25) is 4.79 Å². The van der Waals surface area contributed by atoms with Crippen LogP contribution in [0.5, 0.6) is 0 Å². The van der Waals surface area contributed by atoms with Gasteiger partial charge in [0.05, 0.1) is 11.3 Å². The van der Waals surface area contributed by atoms with E-state index in [1.165, 1.54) is 16.6 Å². The lowest BCUT2D eigenvalue weighted by atomic mass is 10.2. The van der Waals surface area contributed by atoms with Crippen LogP contribution in [-0.4, -0.2) is 36.7 Å². The molecule has 1 amide bonds. The predicted molar refractivity (Wildman–Crippen MR) is 101 cm³/mol. The Morgan fingerprint density at radius 2 is 2.00 bits per heavy atom. The molecule has 0 saturated carbocycles. The first-order chi connectivity index (χ1) is 11.0. The van der Waals surface area contributed by atoms with E-state index >= 15 is 0 Å². The van der Waals surface area contributed by atoms with Crippen molar-refractivity contribution in [2.24, 2.45) is 0 Å². The molecule has 1 aromatic carbocycles. The van der Waals surface area contributed by atoms with E-state index in [9.17, 15) is 4.79 Å². The number of likely N-dealkylation sites (N-methyl/N-ethyl adjacent to an activating group) is 1. The van der Waals surface area contributed by atoms with E-state index in [1.54, 1.807) is 11.3 Å². The van der Waals surface area contributed by atoms with Crippen LogP contribution in [0.15, 0.2) is 46.7 Å². The number of nitrogens with one attached hydrogen (secondary N) is 1. The number of halogens is 1. The molecule has 0 aliphatic rings. The van der Waals surface area contributed by atoms with Gasteiger partial charge in [0.2, 0.25) is 5.91 Å². The summed E-state index contributed by atoms with van der Waals surface area (Å²) in [4.78, 5) is 16.8. The fourth-order valence-corrected chi connectivity index (χ4v) is 4.07. The van der Waals surface area contributed by atoms with Crippen molar-refractivity contribution in [2.45, 2.75) is 23.1 Å². The summed E-state index contributed by atoms with van der Waals surface area (Å²) in [6.45, 7) is 2.53. The maximum Gasteiger partial charge on any atom is 0.233 e. The van der Waals surface area contributed by atoms with Gasteiger partial charge in [0, 0.05) is 21.3 Å². The molecular weight excluding hydrogens is 348 g/mol. The van der Waals surface area contributed by atoms with Gasteiger partial charge < -0.3 is 10.2 Å². The predicted octanol–water partition coefficient (Wildman–Crippen LogP) is 4.30. The lowest BCUT2D eigenvalue weighted by Gasteiger charge is -2.24. The molecule has 2 rings (SSSR count). The number of nitrogens with zero attached hydrogens (tertiary/aromatic N) is 1. The third-order valence-electron chi connectivity index (χ3n) is 3.46.